The average molecular weight is 411 g/mol. The lowest BCUT2D eigenvalue weighted by Gasteiger charge is -2.41. The van der Waals surface area contributed by atoms with Crippen LogP contribution in [0.2, 0.25) is 0 Å². The SMILES string of the molecule is CN1C(=O)[C@@H](c2ccc(C(C)(F)F)cc2)[C@@](C)(c2c(F)cc(F)cc2F)N=C1N. The topological polar surface area (TPSA) is 58.7 Å². The Hall–Kier alpha value is -2.97. The molecule has 154 valence electrons. The first-order chi connectivity index (χ1) is 13.4. The second-order valence-corrected chi connectivity index (χ2v) is 7.20. The van der Waals surface area contributed by atoms with Crippen LogP contribution in [0.4, 0.5) is 22.0 Å². The average Bonchev–Trinajstić information content (AvgIpc) is 2.58. The maximum atomic E-state index is 14.6. The van der Waals surface area contributed by atoms with E-state index in [1.807, 2.05) is 0 Å². The summed E-state index contributed by atoms with van der Waals surface area (Å²) >= 11 is 0. The number of nitrogens with two attached hydrogens (primary N) is 1. The third kappa shape index (κ3) is 3.45. The fourth-order valence-corrected chi connectivity index (χ4v) is 3.59. The molecule has 2 aromatic carbocycles. The van der Waals surface area contributed by atoms with Crippen LogP contribution < -0.4 is 5.73 Å². The van der Waals surface area contributed by atoms with Crippen molar-refractivity contribution in [2.45, 2.75) is 31.2 Å². The number of carbonyl (C=O) groups is 1. The molecule has 0 fully saturated rings. The molecule has 0 spiro atoms. The van der Waals surface area contributed by atoms with Crippen molar-refractivity contribution in [2.24, 2.45) is 10.7 Å². The van der Waals surface area contributed by atoms with E-state index in [9.17, 15) is 26.7 Å². The minimum Gasteiger partial charge on any atom is -0.369 e. The minimum atomic E-state index is -3.10. The maximum absolute atomic E-state index is 14.6. The number of halogens is 5. The van der Waals surface area contributed by atoms with Crippen molar-refractivity contribution < 1.29 is 26.7 Å². The second kappa shape index (κ2) is 6.82. The number of hydrogen-bond acceptors (Lipinski definition) is 3. The lowest BCUT2D eigenvalue weighted by atomic mass is 9.74. The van der Waals surface area contributed by atoms with E-state index >= 15 is 0 Å². The number of guanidine groups is 1. The van der Waals surface area contributed by atoms with E-state index in [0.29, 0.717) is 12.1 Å². The maximum Gasteiger partial charge on any atom is 0.270 e. The molecule has 0 aliphatic carbocycles. The molecular formula is C20H18F5N3O. The molecule has 0 saturated carbocycles. The van der Waals surface area contributed by atoms with Crippen LogP contribution in [0.5, 0.6) is 0 Å². The Morgan fingerprint density at radius 3 is 2.10 bits per heavy atom. The molecular weight excluding hydrogens is 393 g/mol. The van der Waals surface area contributed by atoms with Crippen LogP contribution in [0, 0.1) is 17.5 Å². The van der Waals surface area contributed by atoms with Gasteiger partial charge in [0.15, 0.2) is 5.96 Å². The summed E-state index contributed by atoms with van der Waals surface area (Å²) in [6, 6.07) is 5.77. The highest BCUT2D eigenvalue weighted by molar-refractivity contribution is 6.02. The van der Waals surface area contributed by atoms with Crippen molar-refractivity contribution in [1.82, 2.24) is 4.90 Å². The van der Waals surface area contributed by atoms with E-state index in [0.717, 1.165) is 24.0 Å². The zero-order valence-electron chi connectivity index (χ0n) is 15.8. The molecule has 3 rings (SSSR count). The van der Waals surface area contributed by atoms with Crippen molar-refractivity contribution in [1.29, 1.82) is 0 Å². The molecule has 0 bridgehead atoms. The van der Waals surface area contributed by atoms with Crippen LogP contribution in [-0.2, 0) is 16.3 Å². The number of carbonyl (C=O) groups excluding carboxylic acids is 1. The monoisotopic (exact) mass is 411 g/mol. The summed E-state index contributed by atoms with van der Waals surface area (Å²) in [7, 11) is 1.33. The summed E-state index contributed by atoms with van der Waals surface area (Å²) in [5, 5.41) is 0. The molecule has 29 heavy (non-hydrogen) atoms. The fourth-order valence-electron chi connectivity index (χ4n) is 3.59. The van der Waals surface area contributed by atoms with E-state index in [4.69, 9.17) is 5.73 Å². The third-order valence-electron chi connectivity index (χ3n) is 5.09. The number of amides is 1. The summed E-state index contributed by atoms with van der Waals surface area (Å²) in [6.07, 6.45) is 0. The number of likely N-dealkylation sites (N-methyl/N-ethyl adjacent to an activating group) is 1. The number of benzene rings is 2. The van der Waals surface area contributed by atoms with E-state index < -0.39 is 46.3 Å². The number of rotatable bonds is 3. The van der Waals surface area contributed by atoms with Gasteiger partial charge in [-0.15, -0.1) is 0 Å². The molecule has 1 heterocycles. The summed E-state index contributed by atoms with van der Waals surface area (Å²) < 4.78 is 69.6. The Morgan fingerprint density at radius 2 is 1.62 bits per heavy atom. The zero-order valence-corrected chi connectivity index (χ0v) is 15.8. The molecule has 2 N–H and O–H groups in total. The molecule has 2 atom stereocenters. The largest absolute Gasteiger partial charge is 0.369 e. The zero-order chi connectivity index (χ0) is 21.7. The lowest BCUT2D eigenvalue weighted by molar-refractivity contribution is -0.130. The van der Waals surface area contributed by atoms with Gasteiger partial charge in [0.25, 0.3) is 5.92 Å². The van der Waals surface area contributed by atoms with Crippen LogP contribution in [0.1, 0.15) is 36.5 Å². The molecule has 0 saturated heterocycles. The van der Waals surface area contributed by atoms with E-state index in [-0.39, 0.29) is 17.1 Å². The van der Waals surface area contributed by atoms with Crippen molar-refractivity contribution in [3.63, 3.8) is 0 Å². The molecule has 0 unspecified atom stereocenters. The van der Waals surface area contributed by atoms with Gasteiger partial charge in [0.1, 0.15) is 23.0 Å². The van der Waals surface area contributed by atoms with Gasteiger partial charge in [-0.3, -0.25) is 9.69 Å². The molecule has 1 amide bonds. The van der Waals surface area contributed by atoms with Crippen LogP contribution >= 0.6 is 0 Å². The fraction of sp³-hybridized carbons (Fsp3) is 0.300. The van der Waals surface area contributed by atoms with Gasteiger partial charge < -0.3 is 5.73 Å². The number of nitrogens with zero attached hydrogens (tertiary/aromatic N) is 2. The Labute approximate surface area is 163 Å². The molecule has 1 aliphatic rings. The second-order valence-electron chi connectivity index (χ2n) is 7.20. The number of aliphatic imine (C=N–C) groups is 1. The van der Waals surface area contributed by atoms with Crippen LogP contribution in [0.3, 0.4) is 0 Å². The standard InChI is InChI=1S/C20H18F5N3O/c1-19(16-13(22)8-12(21)9-14(16)23)15(17(29)28(3)18(26)27-19)10-4-6-11(7-5-10)20(2,24)25/h4-9,15H,1-3H3,(H2,26,27)/t15-,19+/m1/s1. The van der Waals surface area contributed by atoms with E-state index in [2.05, 4.69) is 4.99 Å². The molecule has 2 aromatic rings. The smallest absolute Gasteiger partial charge is 0.270 e. The van der Waals surface area contributed by atoms with Crippen LogP contribution in [0.15, 0.2) is 41.4 Å². The van der Waals surface area contributed by atoms with Gasteiger partial charge in [0.05, 0.1) is 11.5 Å². The van der Waals surface area contributed by atoms with Gasteiger partial charge in [-0.25, -0.2) is 26.9 Å². The Morgan fingerprint density at radius 1 is 1.10 bits per heavy atom. The normalized spacial score (nSPS) is 22.6. The third-order valence-corrected chi connectivity index (χ3v) is 5.09. The summed E-state index contributed by atoms with van der Waals surface area (Å²) in [5.74, 6) is -8.91. The van der Waals surface area contributed by atoms with Gasteiger partial charge >= 0.3 is 0 Å². The van der Waals surface area contributed by atoms with Gasteiger partial charge in [0, 0.05) is 31.7 Å². The highest BCUT2D eigenvalue weighted by Gasteiger charge is 2.50. The van der Waals surface area contributed by atoms with Crippen molar-refractivity contribution in [3.05, 3.63) is 70.5 Å². The Kier molecular flexibility index (Phi) is 4.88. The molecule has 0 aromatic heterocycles. The van der Waals surface area contributed by atoms with Crippen LogP contribution in [0.25, 0.3) is 0 Å². The van der Waals surface area contributed by atoms with E-state index in [1.54, 1.807) is 0 Å². The van der Waals surface area contributed by atoms with Gasteiger partial charge in [-0.05, 0) is 12.5 Å². The minimum absolute atomic E-state index is 0.205. The highest BCUT2D eigenvalue weighted by atomic mass is 19.3. The Balaban J connectivity index is 2.24. The number of alkyl halides is 2. The number of hydrogen-bond donors (Lipinski definition) is 1. The van der Waals surface area contributed by atoms with Crippen LogP contribution in [-0.4, -0.2) is 23.8 Å². The van der Waals surface area contributed by atoms with E-state index in [1.165, 1.54) is 26.1 Å². The molecule has 9 heteroatoms. The first-order valence-corrected chi connectivity index (χ1v) is 8.62. The van der Waals surface area contributed by atoms with Gasteiger partial charge in [0.2, 0.25) is 5.91 Å². The molecule has 1 aliphatic heterocycles. The summed E-state index contributed by atoms with van der Waals surface area (Å²) in [6.45, 7) is 2.01. The van der Waals surface area contributed by atoms with Gasteiger partial charge in [-0.2, -0.15) is 0 Å². The first-order valence-electron chi connectivity index (χ1n) is 8.62. The first kappa shape index (κ1) is 20.8. The van der Waals surface area contributed by atoms with Gasteiger partial charge in [-0.1, -0.05) is 24.3 Å². The molecule has 4 nitrogen and oxygen atoms in total. The van der Waals surface area contributed by atoms with Crippen molar-refractivity contribution >= 4 is 11.9 Å². The summed E-state index contributed by atoms with van der Waals surface area (Å²) in [4.78, 5) is 18.1. The quantitative estimate of drug-likeness (QED) is 0.777. The lowest BCUT2D eigenvalue weighted by Crippen LogP contribution is -2.53. The predicted molar refractivity (Wildman–Crippen MR) is 96.8 cm³/mol. The van der Waals surface area contributed by atoms with Crippen molar-refractivity contribution in [2.75, 3.05) is 7.05 Å². The summed E-state index contributed by atoms with van der Waals surface area (Å²) in [5.41, 5.74) is 3.18. The Bertz CT molecular complexity index is 977. The predicted octanol–water partition coefficient (Wildman–Crippen LogP) is 4.00. The highest BCUT2D eigenvalue weighted by Crippen LogP contribution is 2.46. The molecule has 0 radical (unpaired) electrons. The van der Waals surface area contributed by atoms with Crippen molar-refractivity contribution in [3.8, 4) is 0 Å².